The SMILES string of the molecule is CCCOc1ccccc1/C=N\NC(=O)C(NC(=O)c1ccccc1Cl)C(C)C. The number of hydrazone groups is 1. The molecule has 0 aromatic heterocycles. The number of rotatable bonds is 9. The highest BCUT2D eigenvalue weighted by Gasteiger charge is 2.25. The molecule has 0 aliphatic rings. The van der Waals surface area contributed by atoms with Gasteiger partial charge in [0.2, 0.25) is 0 Å². The maximum Gasteiger partial charge on any atom is 0.262 e. The molecule has 1 unspecified atom stereocenters. The van der Waals surface area contributed by atoms with Gasteiger partial charge in [-0.2, -0.15) is 5.10 Å². The van der Waals surface area contributed by atoms with E-state index in [-0.39, 0.29) is 5.92 Å². The van der Waals surface area contributed by atoms with Gasteiger partial charge < -0.3 is 10.1 Å². The van der Waals surface area contributed by atoms with Crippen LogP contribution < -0.4 is 15.5 Å². The largest absolute Gasteiger partial charge is 0.493 e. The van der Waals surface area contributed by atoms with Crippen LogP contribution in [0, 0.1) is 5.92 Å². The Bertz CT molecular complexity index is 868. The van der Waals surface area contributed by atoms with Crippen molar-refractivity contribution in [2.75, 3.05) is 6.61 Å². The van der Waals surface area contributed by atoms with Crippen molar-refractivity contribution in [3.05, 3.63) is 64.7 Å². The highest BCUT2D eigenvalue weighted by Crippen LogP contribution is 2.17. The summed E-state index contributed by atoms with van der Waals surface area (Å²) in [6.07, 6.45) is 2.42. The van der Waals surface area contributed by atoms with E-state index in [1.54, 1.807) is 24.3 Å². The van der Waals surface area contributed by atoms with Crippen molar-refractivity contribution >= 4 is 29.6 Å². The summed E-state index contributed by atoms with van der Waals surface area (Å²) in [7, 11) is 0. The molecule has 0 bridgehead atoms. The fourth-order valence-electron chi connectivity index (χ4n) is 2.56. The van der Waals surface area contributed by atoms with Gasteiger partial charge in [0.05, 0.1) is 23.4 Å². The minimum Gasteiger partial charge on any atom is -0.493 e. The fraction of sp³-hybridized carbons (Fsp3) is 0.318. The molecule has 0 radical (unpaired) electrons. The number of ether oxygens (including phenoxy) is 1. The summed E-state index contributed by atoms with van der Waals surface area (Å²) in [5, 5.41) is 7.08. The lowest BCUT2D eigenvalue weighted by molar-refractivity contribution is -0.123. The number of benzene rings is 2. The van der Waals surface area contributed by atoms with E-state index in [0.717, 1.165) is 12.0 Å². The normalized spacial score (nSPS) is 12.0. The number of nitrogens with zero attached hydrogens (tertiary/aromatic N) is 1. The van der Waals surface area contributed by atoms with Crippen molar-refractivity contribution in [1.82, 2.24) is 10.7 Å². The predicted molar refractivity (Wildman–Crippen MR) is 116 cm³/mol. The zero-order valence-electron chi connectivity index (χ0n) is 16.8. The molecular formula is C22H26ClN3O3. The first kappa shape index (κ1) is 22.4. The Kier molecular flexibility index (Phi) is 8.68. The van der Waals surface area contributed by atoms with E-state index >= 15 is 0 Å². The highest BCUT2D eigenvalue weighted by molar-refractivity contribution is 6.33. The minimum absolute atomic E-state index is 0.142. The van der Waals surface area contributed by atoms with E-state index in [4.69, 9.17) is 16.3 Å². The van der Waals surface area contributed by atoms with Crippen LogP contribution in [0.1, 0.15) is 43.1 Å². The van der Waals surface area contributed by atoms with E-state index in [0.29, 0.717) is 22.9 Å². The summed E-state index contributed by atoms with van der Waals surface area (Å²) in [5.41, 5.74) is 3.56. The van der Waals surface area contributed by atoms with E-state index in [2.05, 4.69) is 15.8 Å². The van der Waals surface area contributed by atoms with Gasteiger partial charge in [-0.1, -0.05) is 56.6 Å². The van der Waals surface area contributed by atoms with Crippen molar-refractivity contribution in [1.29, 1.82) is 0 Å². The van der Waals surface area contributed by atoms with Gasteiger partial charge in [0.1, 0.15) is 11.8 Å². The van der Waals surface area contributed by atoms with Crippen LogP contribution in [0.2, 0.25) is 5.02 Å². The van der Waals surface area contributed by atoms with E-state index in [1.807, 2.05) is 45.0 Å². The second-order valence-electron chi connectivity index (χ2n) is 6.80. The van der Waals surface area contributed by atoms with Gasteiger partial charge in [0.25, 0.3) is 11.8 Å². The highest BCUT2D eigenvalue weighted by atomic mass is 35.5. The van der Waals surface area contributed by atoms with Crippen LogP contribution in [0.4, 0.5) is 0 Å². The number of carbonyl (C=O) groups excluding carboxylic acids is 2. The van der Waals surface area contributed by atoms with Gasteiger partial charge in [0, 0.05) is 5.56 Å². The monoisotopic (exact) mass is 415 g/mol. The Morgan fingerprint density at radius 1 is 1.14 bits per heavy atom. The molecule has 0 aliphatic carbocycles. The average molecular weight is 416 g/mol. The molecule has 2 aromatic carbocycles. The third-order valence-corrected chi connectivity index (χ3v) is 4.44. The Balaban J connectivity index is 2.04. The van der Waals surface area contributed by atoms with Crippen molar-refractivity contribution < 1.29 is 14.3 Å². The minimum atomic E-state index is -0.762. The molecule has 2 rings (SSSR count). The smallest absolute Gasteiger partial charge is 0.262 e. The van der Waals surface area contributed by atoms with Crippen LogP contribution in [-0.2, 0) is 4.79 Å². The molecule has 0 spiro atoms. The molecule has 2 N–H and O–H groups in total. The molecule has 2 amide bonds. The summed E-state index contributed by atoms with van der Waals surface area (Å²) in [6, 6.07) is 13.4. The van der Waals surface area contributed by atoms with Gasteiger partial charge in [-0.3, -0.25) is 9.59 Å². The first-order valence-corrected chi connectivity index (χ1v) is 9.92. The van der Waals surface area contributed by atoms with Crippen LogP contribution in [-0.4, -0.2) is 30.7 Å². The molecule has 154 valence electrons. The van der Waals surface area contributed by atoms with Crippen molar-refractivity contribution in [2.45, 2.75) is 33.2 Å². The predicted octanol–water partition coefficient (Wildman–Crippen LogP) is 4.03. The quantitative estimate of drug-likeness (QED) is 0.479. The van der Waals surface area contributed by atoms with Crippen LogP contribution in [0.15, 0.2) is 53.6 Å². The number of hydrogen-bond acceptors (Lipinski definition) is 4. The van der Waals surface area contributed by atoms with Gasteiger partial charge in [0.15, 0.2) is 0 Å². The first-order valence-electron chi connectivity index (χ1n) is 9.54. The van der Waals surface area contributed by atoms with Gasteiger partial charge >= 0.3 is 0 Å². The Morgan fingerprint density at radius 2 is 1.83 bits per heavy atom. The Hall–Kier alpha value is -2.86. The third kappa shape index (κ3) is 6.61. The van der Waals surface area contributed by atoms with Crippen LogP contribution in [0.5, 0.6) is 5.75 Å². The van der Waals surface area contributed by atoms with Crippen molar-refractivity contribution in [3.63, 3.8) is 0 Å². The van der Waals surface area contributed by atoms with Crippen LogP contribution in [0.3, 0.4) is 0 Å². The summed E-state index contributed by atoms with van der Waals surface area (Å²) < 4.78 is 5.67. The fourth-order valence-corrected chi connectivity index (χ4v) is 2.79. The molecule has 6 nitrogen and oxygen atoms in total. The summed E-state index contributed by atoms with van der Waals surface area (Å²) in [6.45, 7) is 6.31. The second-order valence-corrected chi connectivity index (χ2v) is 7.20. The lowest BCUT2D eigenvalue weighted by atomic mass is 10.0. The zero-order chi connectivity index (χ0) is 21.2. The number of halogens is 1. The molecular weight excluding hydrogens is 390 g/mol. The molecule has 2 aromatic rings. The van der Waals surface area contributed by atoms with E-state index in [9.17, 15) is 9.59 Å². The topological polar surface area (TPSA) is 79.8 Å². The lowest BCUT2D eigenvalue weighted by Crippen LogP contribution is -2.48. The van der Waals surface area contributed by atoms with Gasteiger partial charge in [-0.25, -0.2) is 5.43 Å². The lowest BCUT2D eigenvalue weighted by Gasteiger charge is -2.20. The number of amides is 2. The van der Waals surface area contributed by atoms with E-state index in [1.165, 1.54) is 6.21 Å². The maximum atomic E-state index is 12.6. The third-order valence-electron chi connectivity index (χ3n) is 4.11. The Morgan fingerprint density at radius 3 is 2.52 bits per heavy atom. The standard InChI is InChI=1S/C22H26ClN3O3/c1-4-13-29-19-12-8-5-9-16(19)14-24-26-22(28)20(15(2)3)25-21(27)17-10-6-7-11-18(17)23/h5-12,14-15,20H,4,13H2,1-3H3,(H,25,27)(H,26,28)/b24-14-. The van der Waals surface area contributed by atoms with Crippen molar-refractivity contribution in [3.8, 4) is 5.75 Å². The molecule has 0 fully saturated rings. The second kappa shape index (κ2) is 11.2. The molecule has 0 saturated heterocycles. The molecule has 7 heteroatoms. The summed E-state index contributed by atoms with van der Waals surface area (Å²) >= 11 is 6.07. The summed E-state index contributed by atoms with van der Waals surface area (Å²) in [4.78, 5) is 25.1. The van der Waals surface area contributed by atoms with Crippen molar-refractivity contribution in [2.24, 2.45) is 11.0 Å². The summed E-state index contributed by atoms with van der Waals surface area (Å²) in [5.74, 6) is -0.271. The molecule has 1 atom stereocenters. The van der Waals surface area contributed by atoms with Crippen LogP contribution >= 0.6 is 11.6 Å². The molecule has 29 heavy (non-hydrogen) atoms. The first-order chi connectivity index (χ1) is 13.9. The average Bonchev–Trinajstić information content (AvgIpc) is 2.71. The maximum absolute atomic E-state index is 12.6. The molecule has 0 saturated carbocycles. The Labute approximate surface area is 176 Å². The zero-order valence-corrected chi connectivity index (χ0v) is 17.6. The molecule has 0 aliphatic heterocycles. The number of para-hydroxylation sites is 1. The molecule has 0 heterocycles. The van der Waals surface area contributed by atoms with Gasteiger partial charge in [-0.15, -0.1) is 0 Å². The number of carbonyl (C=O) groups is 2. The van der Waals surface area contributed by atoms with Crippen LogP contribution in [0.25, 0.3) is 0 Å². The number of nitrogens with one attached hydrogen (secondary N) is 2. The van der Waals surface area contributed by atoms with E-state index < -0.39 is 17.9 Å². The van der Waals surface area contributed by atoms with Gasteiger partial charge in [-0.05, 0) is 36.6 Å². The number of hydrogen-bond donors (Lipinski definition) is 2.